The average molecular weight is 286 g/mol. The van der Waals surface area contributed by atoms with Crippen molar-refractivity contribution in [3.8, 4) is 0 Å². The molecule has 0 heterocycles. The van der Waals surface area contributed by atoms with Crippen LogP contribution in [0.15, 0.2) is 0 Å². The van der Waals surface area contributed by atoms with Crippen molar-refractivity contribution in [2.45, 2.75) is 60.3 Å². The zero-order chi connectivity index (χ0) is 15.8. The quantitative estimate of drug-likeness (QED) is 0.609. The van der Waals surface area contributed by atoms with Crippen LogP contribution in [-0.4, -0.2) is 30.2 Å². The molecular weight excluding hydrogens is 256 g/mol. The van der Waals surface area contributed by atoms with Gasteiger partial charge in [0, 0.05) is 19.5 Å². The van der Waals surface area contributed by atoms with Crippen molar-refractivity contribution in [2.75, 3.05) is 13.1 Å². The maximum absolute atomic E-state index is 11.6. The van der Waals surface area contributed by atoms with Gasteiger partial charge in [-0.1, -0.05) is 34.6 Å². The van der Waals surface area contributed by atoms with Crippen LogP contribution in [0.4, 0.5) is 4.79 Å². The molecular formula is C15H30N2O3. The third-order valence-corrected chi connectivity index (χ3v) is 3.79. The summed E-state index contributed by atoms with van der Waals surface area (Å²) < 4.78 is 0. The minimum atomic E-state index is -0.773. The first-order chi connectivity index (χ1) is 9.08. The van der Waals surface area contributed by atoms with Crippen LogP contribution < -0.4 is 10.6 Å². The van der Waals surface area contributed by atoms with Gasteiger partial charge in [-0.05, 0) is 30.1 Å². The van der Waals surface area contributed by atoms with Gasteiger partial charge in [-0.25, -0.2) is 4.79 Å². The normalized spacial score (nSPS) is 12.1. The van der Waals surface area contributed by atoms with Crippen LogP contribution in [0.1, 0.15) is 60.3 Å². The number of carbonyl (C=O) groups is 2. The van der Waals surface area contributed by atoms with Gasteiger partial charge in [0.15, 0.2) is 0 Å². The minimum absolute atomic E-state index is 0.0750. The monoisotopic (exact) mass is 286 g/mol. The third kappa shape index (κ3) is 9.64. The van der Waals surface area contributed by atoms with Crippen LogP contribution >= 0.6 is 0 Å². The number of aliphatic carboxylic acids is 1. The highest BCUT2D eigenvalue weighted by Gasteiger charge is 2.20. The number of hydrogen-bond donors (Lipinski definition) is 3. The summed E-state index contributed by atoms with van der Waals surface area (Å²) in [6.07, 6.45) is 2.57. The molecule has 0 aromatic carbocycles. The van der Waals surface area contributed by atoms with E-state index in [2.05, 4.69) is 31.4 Å². The molecule has 0 aliphatic rings. The van der Waals surface area contributed by atoms with Crippen LogP contribution in [0.5, 0.6) is 0 Å². The van der Waals surface area contributed by atoms with Gasteiger partial charge < -0.3 is 15.7 Å². The van der Waals surface area contributed by atoms with Crippen LogP contribution in [0.2, 0.25) is 0 Å². The molecule has 3 N–H and O–H groups in total. The number of rotatable bonds is 9. The van der Waals surface area contributed by atoms with E-state index in [1.807, 2.05) is 13.8 Å². The molecule has 0 radical (unpaired) electrons. The molecule has 0 aliphatic heterocycles. The summed E-state index contributed by atoms with van der Waals surface area (Å²) in [5, 5.41) is 14.4. The Balaban J connectivity index is 3.88. The van der Waals surface area contributed by atoms with Crippen molar-refractivity contribution in [2.24, 2.45) is 10.8 Å². The average Bonchev–Trinajstić information content (AvgIpc) is 2.34. The third-order valence-electron chi connectivity index (χ3n) is 3.79. The van der Waals surface area contributed by atoms with Gasteiger partial charge in [0.2, 0.25) is 0 Å². The molecule has 5 heteroatoms. The van der Waals surface area contributed by atoms with E-state index < -0.39 is 5.97 Å². The van der Waals surface area contributed by atoms with Gasteiger partial charge in [-0.2, -0.15) is 0 Å². The van der Waals surface area contributed by atoms with E-state index in [9.17, 15) is 9.59 Å². The van der Waals surface area contributed by atoms with Gasteiger partial charge in [0.05, 0.1) is 0 Å². The van der Waals surface area contributed by atoms with E-state index in [0.717, 1.165) is 12.8 Å². The Labute approximate surface area is 122 Å². The molecule has 5 nitrogen and oxygen atoms in total. The van der Waals surface area contributed by atoms with Crippen LogP contribution in [0, 0.1) is 10.8 Å². The fraction of sp³-hybridized carbons (Fsp3) is 0.867. The molecule has 0 spiro atoms. The molecule has 0 aromatic rings. The number of hydrogen-bond acceptors (Lipinski definition) is 2. The van der Waals surface area contributed by atoms with Crippen molar-refractivity contribution in [3.05, 3.63) is 0 Å². The largest absolute Gasteiger partial charge is 0.481 e. The first kappa shape index (κ1) is 18.7. The Morgan fingerprint density at radius 3 is 2.10 bits per heavy atom. The molecule has 0 fully saturated rings. The first-order valence-electron chi connectivity index (χ1n) is 7.31. The highest BCUT2D eigenvalue weighted by atomic mass is 16.4. The topological polar surface area (TPSA) is 78.4 Å². The molecule has 0 bridgehead atoms. The predicted octanol–water partition coefficient (Wildman–Crippen LogP) is 3.00. The zero-order valence-electron chi connectivity index (χ0n) is 13.5. The van der Waals surface area contributed by atoms with E-state index in [4.69, 9.17) is 5.11 Å². The SMILES string of the molecule is CCC(C)(C)CNC(=O)NCCC(C)(C)CCC(=O)O. The second kappa shape index (κ2) is 8.12. The molecule has 0 rings (SSSR count). The van der Waals surface area contributed by atoms with Crippen molar-refractivity contribution in [1.82, 2.24) is 10.6 Å². The number of carboxylic acids is 1. The lowest BCUT2D eigenvalue weighted by molar-refractivity contribution is -0.137. The van der Waals surface area contributed by atoms with Gasteiger partial charge in [0.1, 0.15) is 0 Å². The second-order valence-electron chi connectivity index (χ2n) is 6.94. The highest BCUT2D eigenvalue weighted by molar-refractivity contribution is 5.73. The molecule has 0 atom stereocenters. The lowest BCUT2D eigenvalue weighted by Gasteiger charge is -2.25. The number of carbonyl (C=O) groups excluding carboxylic acids is 1. The van der Waals surface area contributed by atoms with E-state index in [1.54, 1.807) is 0 Å². The maximum Gasteiger partial charge on any atom is 0.314 e. The van der Waals surface area contributed by atoms with Gasteiger partial charge in [0.25, 0.3) is 0 Å². The fourth-order valence-electron chi connectivity index (χ4n) is 1.59. The Kier molecular flexibility index (Phi) is 7.61. The summed E-state index contributed by atoms with van der Waals surface area (Å²) in [5.41, 5.74) is 0.0342. The number of amides is 2. The molecule has 20 heavy (non-hydrogen) atoms. The van der Waals surface area contributed by atoms with Crippen molar-refractivity contribution < 1.29 is 14.7 Å². The van der Waals surface area contributed by atoms with Crippen molar-refractivity contribution in [1.29, 1.82) is 0 Å². The van der Waals surface area contributed by atoms with Gasteiger partial charge in [-0.3, -0.25) is 4.79 Å². The lowest BCUT2D eigenvalue weighted by atomic mass is 9.84. The van der Waals surface area contributed by atoms with Gasteiger partial charge >= 0.3 is 12.0 Å². The zero-order valence-corrected chi connectivity index (χ0v) is 13.5. The highest BCUT2D eigenvalue weighted by Crippen LogP contribution is 2.25. The maximum atomic E-state index is 11.6. The lowest BCUT2D eigenvalue weighted by Crippen LogP contribution is -2.41. The Morgan fingerprint density at radius 1 is 1.00 bits per heavy atom. The molecule has 2 amide bonds. The van der Waals surface area contributed by atoms with Crippen LogP contribution in [0.3, 0.4) is 0 Å². The minimum Gasteiger partial charge on any atom is -0.481 e. The molecule has 0 aliphatic carbocycles. The number of urea groups is 1. The summed E-state index contributed by atoms with van der Waals surface area (Å²) in [5.74, 6) is -0.773. The van der Waals surface area contributed by atoms with Crippen molar-refractivity contribution in [3.63, 3.8) is 0 Å². The van der Waals surface area contributed by atoms with E-state index in [1.165, 1.54) is 0 Å². The standard InChI is InChI=1S/C15H30N2O3/c1-6-14(2,3)11-17-13(20)16-10-9-15(4,5)8-7-12(18)19/h6-11H2,1-5H3,(H,18,19)(H2,16,17,20). The molecule has 0 saturated heterocycles. The summed E-state index contributed by atoms with van der Waals surface area (Å²) >= 11 is 0. The van der Waals surface area contributed by atoms with Crippen molar-refractivity contribution >= 4 is 12.0 Å². The van der Waals surface area contributed by atoms with Crippen LogP contribution in [0.25, 0.3) is 0 Å². The summed E-state index contributed by atoms with van der Waals surface area (Å²) in [6.45, 7) is 11.6. The first-order valence-corrected chi connectivity index (χ1v) is 7.31. The molecule has 0 saturated carbocycles. The smallest absolute Gasteiger partial charge is 0.314 e. The Hall–Kier alpha value is -1.26. The summed E-state index contributed by atoms with van der Waals surface area (Å²) in [6, 6.07) is -0.152. The number of carboxylic acid groups (broad SMARTS) is 1. The van der Waals surface area contributed by atoms with E-state index in [0.29, 0.717) is 19.5 Å². The second-order valence-corrected chi connectivity index (χ2v) is 6.94. The molecule has 0 unspecified atom stereocenters. The Bertz CT molecular complexity index is 325. The number of nitrogens with one attached hydrogen (secondary N) is 2. The summed E-state index contributed by atoms with van der Waals surface area (Å²) in [7, 11) is 0. The van der Waals surface area contributed by atoms with Crippen LogP contribution in [-0.2, 0) is 4.79 Å². The van der Waals surface area contributed by atoms with E-state index in [-0.39, 0.29) is 23.3 Å². The molecule has 118 valence electrons. The van der Waals surface area contributed by atoms with Gasteiger partial charge in [-0.15, -0.1) is 0 Å². The Morgan fingerprint density at radius 2 is 1.60 bits per heavy atom. The predicted molar refractivity (Wildman–Crippen MR) is 80.7 cm³/mol. The molecule has 0 aromatic heterocycles. The van der Waals surface area contributed by atoms with E-state index >= 15 is 0 Å². The fourth-order valence-corrected chi connectivity index (χ4v) is 1.59. The summed E-state index contributed by atoms with van der Waals surface area (Å²) in [4.78, 5) is 22.2.